The SMILES string of the molecule is O=C(Nc1cccc(-n2cnnn2)c1)C1CCNC1. The Labute approximate surface area is 110 Å². The molecule has 19 heavy (non-hydrogen) atoms. The number of hydrogen-bond donors (Lipinski definition) is 2. The predicted molar refractivity (Wildman–Crippen MR) is 68.8 cm³/mol. The number of anilines is 1. The van der Waals surface area contributed by atoms with Crippen LogP contribution in [0.2, 0.25) is 0 Å². The van der Waals surface area contributed by atoms with Crippen LogP contribution < -0.4 is 10.6 Å². The van der Waals surface area contributed by atoms with Gasteiger partial charge in [-0.05, 0) is 41.6 Å². The first-order chi connectivity index (χ1) is 9.33. The van der Waals surface area contributed by atoms with Crippen molar-refractivity contribution in [1.82, 2.24) is 25.5 Å². The van der Waals surface area contributed by atoms with Gasteiger partial charge in [-0.1, -0.05) is 6.07 Å². The van der Waals surface area contributed by atoms with Gasteiger partial charge in [0.1, 0.15) is 6.33 Å². The summed E-state index contributed by atoms with van der Waals surface area (Å²) >= 11 is 0. The van der Waals surface area contributed by atoms with E-state index in [2.05, 4.69) is 26.2 Å². The number of nitrogens with zero attached hydrogens (tertiary/aromatic N) is 4. The van der Waals surface area contributed by atoms with Crippen molar-refractivity contribution in [1.29, 1.82) is 0 Å². The van der Waals surface area contributed by atoms with E-state index in [1.807, 2.05) is 24.3 Å². The second-order valence-electron chi connectivity index (χ2n) is 4.48. The Bertz CT molecular complexity index is 561. The Kier molecular flexibility index (Phi) is 3.20. The standard InChI is InChI=1S/C12H14N6O/c19-12(9-4-5-13-7-9)15-10-2-1-3-11(6-10)18-8-14-16-17-18/h1-3,6,8-9,13H,4-5,7H2,(H,15,19). The molecule has 1 fully saturated rings. The highest BCUT2D eigenvalue weighted by Crippen LogP contribution is 2.16. The van der Waals surface area contributed by atoms with E-state index in [0.29, 0.717) is 0 Å². The molecular formula is C12H14N6O. The van der Waals surface area contributed by atoms with E-state index in [4.69, 9.17) is 0 Å². The van der Waals surface area contributed by atoms with Gasteiger partial charge in [-0.2, -0.15) is 0 Å². The smallest absolute Gasteiger partial charge is 0.228 e. The van der Waals surface area contributed by atoms with Crippen molar-refractivity contribution in [3.63, 3.8) is 0 Å². The van der Waals surface area contributed by atoms with Crippen LogP contribution in [0.3, 0.4) is 0 Å². The highest BCUT2D eigenvalue weighted by atomic mass is 16.1. The number of nitrogens with one attached hydrogen (secondary N) is 2. The lowest BCUT2D eigenvalue weighted by Crippen LogP contribution is -2.24. The Hall–Kier alpha value is -2.28. The summed E-state index contributed by atoms with van der Waals surface area (Å²) in [5.74, 6) is 0.107. The molecule has 0 bridgehead atoms. The lowest BCUT2D eigenvalue weighted by atomic mass is 10.1. The Balaban J connectivity index is 1.74. The zero-order valence-electron chi connectivity index (χ0n) is 10.3. The summed E-state index contributed by atoms with van der Waals surface area (Å²) in [7, 11) is 0. The van der Waals surface area contributed by atoms with Crippen LogP contribution in [0.15, 0.2) is 30.6 Å². The fraction of sp³-hybridized carbons (Fsp3) is 0.333. The molecule has 1 aromatic heterocycles. The minimum absolute atomic E-state index is 0.0525. The molecule has 98 valence electrons. The lowest BCUT2D eigenvalue weighted by Gasteiger charge is -2.10. The van der Waals surface area contributed by atoms with E-state index >= 15 is 0 Å². The molecule has 3 rings (SSSR count). The van der Waals surface area contributed by atoms with Gasteiger partial charge >= 0.3 is 0 Å². The average Bonchev–Trinajstić information content (AvgIpc) is 3.13. The minimum atomic E-state index is 0.0525. The summed E-state index contributed by atoms with van der Waals surface area (Å²) in [6, 6.07) is 7.44. The summed E-state index contributed by atoms with van der Waals surface area (Å²) in [6.07, 6.45) is 2.40. The summed E-state index contributed by atoms with van der Waals surface area (Å²) < 4.78 is 1.55. The highest BCUT2D eigenvalue weighted by molar-refractivity contribution is 5.93. The van der Waals surface area contributed by atoms with Crippen LogP contribution in [0, 0.1) is 5.92 Å². The second-order valence-corrected chi connectivity index (χ2v) is 4.48. The number of carbonyl (C=O) groups excluding carboxylic acids is 1. The van der Waals surface area contributed by atoms with Gasteiger partial charge in [0.2, 0.25) is 5.91 Å². The number of benzene rings is 1. The van der Waals surface area contributed by atoms with Crippen LogP contribution in [-0.4, -0.2) is 39.2 Å². The van der Waals surface area contributed by atoms with Gasteiger partial charge in [-0.3, -0.25) is 4.79 Å². The van der Waals surface area contributed by atoms with Gasteiger partial charge in [-0.15, -0.1) is 5.10 Å². The molecule has 1 amide bonds. The number of hydrogen-bond acceptors (Lipinski definition) is 5. The molecule has 0 saturated carbocycles. The van der Waals surface area contributed by atoms with E-state index in [1.165, 1.54) is 6.33 Å². The van der Waals surface area contributed by atoms with Gasteiger partial charge in [0.15, 0.2) is 0 Å². The number of carbonyl (C=O) groups is 1. The molecule has 2 heterocycles. The van der Waals surface area contributed by atoms with Crippen molar-refractivity contribution in [2.75, 3.05) is 18.4 Å². The van der Waals surface area contributed by atoms with Gasteiger partial charge in [-0.25, -0.2) is 4.68 Å². The molecular weight excluding hydrogens is 244 g/mol. The predicted octanol–water partition coefficient (Wildman–Crippen LogP) is 0.210. The maximum Gasteiger partial charge on any atom is 0.228 e. The van der Waals surface area contributed by atoms with Gasteiger partial charge < -0.3 is 10.6 Å². The fourth-order valence-corrected chi connectivity index (χ4v) is 2.13. The van der Waals surface area contributed by atoms with Crippen LogP contribution in [0.4, 0.5) is 5.69 Å². The van der Waals surface area contributed by atoms with Gasteiger partial charge in [0, 0.05) is 12.2 Å². The molecule has 2 N–H and O–H groups in total. The molecule has 1 unspecified atom stereocenters. The highest BCUT2D eigenvalue weighted by Gasteiger charge is 2.22. The minimum Gasteiger partial charge on any atom is -0.326 e. The van der Waals surface area contributed by atoms with E-state index in [1.54, 1.807) is 4.68 Å². The van der Waals surface area contributed by atoms with Crippen molar-refractivity contribution >= 4 is 11.6 Å². The Morgan fingerprint density at radius 2 is 2.42 bits per heavy atom. The summed E-state index contributed by atoms with van der Waals surface area (Å²) in [5.41, 5.74) is 1.57. The van der Waals surface area contributed by atoms with Crippen molar-refractivity contribution in [2.24, 2.45) is 5.92 Å². The van der Waals surface area contributed by atoms with E-state index < -0.39 is 0 Å². The van der Waals surface area contributed by atoms with Crippen molar-refractivity contribution in [3.8, 4) is 5.69 Å². The van der Waals surface area contributed by atoms with E-state index in [0.717, 1.165) is 30.9 Å². The zero-order valence-corrected chi connectivity index (χ0v) is 10.3. The Morgan fingerprint density at radius 1 is 1.47 bits per heavy atom. The van der Waals surface area contributed by atoms with Gasteiger partial charge in [0.05, 0.1) is 11.6 Å². The Morgan fingerprint density at radius 3 is 3.16 bits per heavy atom. The molecule has 7 heteroatoms. The third kappa shape index (κ3) is 2.60. The molecule has 1 aliphatic rings. The van der Waals surface area contributed by atoms with Gasteiger partial charge in [0.25, 0.3) is 0 Å². The molecule has 1 saturated heterocycles. The van der Waals surface area contributed by atoms with E-state index in [-0.39, 0.29) is 11.8 Å². The topological polar surface area (TPSA) is 84.7 Å². The third-order valence-electron chi connectivity index (χ3n) is 3.16. The molecule has 0 aliphatic carbocycles. The number of amides is 1. The van der Waals surface area contributed by atoms with Crippen LogP contribution in [-0.2, 0) is 4.79 Å². The first kappa shape index (κ1) is 11.8. The fourth-order valence-electron chi connectivity index (χ4n) is 2.13. The van der Waals surface area contributed by atoms with Crippen LogP contribution >= 0.6 is 0 Å². The molecule has 7 nitrogen and oxygen atoms in total. The summed E-state index contributed by atoms with van der Waals surface area (Å²) in [4.78, 5) is 12.0. The van der Waals surface area contributed by atoms with Crippen molar-refractivity contribution in [3.05, 3.63) is 30.6 Å². The summed E-state index contributed by atoms with van der Waals surface area (Å²) in [5, 5.41) is 17.1. The molecule has 2 aromatic rings. The second kappa shape index (κ2) is 5.15. The lowest BCUT2D eigenvalue weighted by molar-refractivity contribution is -0.119. The van der Waals surface area contributed by atoms with Crippen LogP contribution in [0.5, 0.6) is 0 Å². The number of aromatic nitrogens is 4. The molecule has 1 aliphatic heterocycles. The number of rotatable bonds is 3. The largest absolute Gasteiger partial charge is 0.326 e. The van der Waals surface area contributed by atoms with E-state index in [9.17, 15) is 4.79 Å². The molecule has 1 atom stereocenters. The van der Waals surface area contributed by atoms with Crippen LogP contribution in [0.25, 0.3) is 5.69 Å². The molecule has 0 spiro atoms. The zero-order chi connectivity index (χ0) is 13.1. The maximum absolute atomic E-state index is 12.0. The monoisotopic (exact) mass is 258 g/mol. The number of tetrazole rings is 1. The molecule has 0 radical (unpaired) electrons. The molecule has 1 aromatic carbocycles. The quantitative estimate of drug-likeness (QED) is 0.822. The first-order valence-corrected chi connectivity index (χ1v) is 6.18. The third-order valence-corrected chi connectivity index (χ3v) is 3.16. The average molecular weight is 258 g/mol. The maximum atomic E-state index is 12.0. The van der Waals surface area contributed by atoms with Crippen LogP contribution in [0.1, 0.15) is 6.42 Å². The first-order valence-electron chi connectivity index (χ1n) is 6.18. The van der Waals surface area contributed by atoms with Crippen molar-refractivity contribution < 1.29 is 4.79 Å². The summed E-state index contributed by atoms with van der Waals surface area (Å²) in [6.45, 7) is 1.65. The van der Waals surface area contributed by atoms with Crippen molar-refractivity contribution in [2.45, 2.75) is 6.42 Å². The normalized spacial score (nSPS) is 18.4.